The Hall–Kier alpha value is -3.20. The van der Waals surface area contributed by atoms with Crippen LogP contribution < -0.4 is 5.43 Å². The van der Waals surface area contributed by atoms with E-state index in [0.717, 1.165) is 21.3 Å². The van der Waals surface area contributed by atoms with Gasteiger partial charge in [-0.2, -0.15) is 5.10 Å². The van der Waals surface area contributed by atoms with Gasteiger partial charge in [-0.25, -0.2) is 5.43 Å². The number of thioether (sulfide) groups is 1. The van der Waals surface area contributed by atoms with Gasteiger partial charge in [0.1, 0.15) is 0 Å². The summed E-state index contributed by atoms with van der Waals surface area (Å²) in [5.74, 6) is 0.546. The topological polar surface area (TPSA) is 72.2 Å². The van der Waals surface area contributed by atoms with E-state index in [2.05, 4.69) is 36.7 Å². The zero-order chi connectivity index (χ0) is 23.8. The number of carbonyl (C=O) groups excluding carboxylic acids is 1. The van der Waals surface area contributed by atoms with Gasteiger partial charge < -0.3 is 0 Å². The van der Waals surface area contributed by atoms with Gasteiger partial charge in [0, 0.05) is 20.8 Å². The highest BCUT2D eigenvalue weighted by molar-refractivity contribution is 9.12. The maximum atomic E-state index is 12.4. The minimum absolute atomic E-state index is 0.123. The summed E-state index contributed by atoms with van der Waals surface area (Å²) in [6.45, 7) is 0. The number of hydrazone groups is 1. The lowest BCUT2D eigenvalue weighted by Crippen LogP contribution is -2.19. The molecule has 34 heavy (non-hydrogen) atoms. The number of nitrogens with one attached hydrogen (secondary N) is 1. The fourth-order valence-electron chi connectivity index (χ4n) is 3.03. The van der Waals surface area contributed by atoms with Gasteiger partial charge in [-0.3, -0.25) is 9.36 Å². The number of rotatable bonds is 8. The van der Waals surface area contributed by atoms with Crippen LogP contribution in [-0.2, 0) is 4.79 Å². The van der Waals surface area contributed by atoms with Gasteiger partial charge in [0.05, 0.1) is 12.0 Å². The van der Waals surface area contributed by atoms with Crippen molar-refractivity contribution in [2.24, 2.45) is 5.10 Å². The Kier molecular flexibility index (Phi) is 8.30. The molecule has 0 bridgehead atoms. The first-order valence-electron chi connectivity index (χ1n) is 10.2. The number of hydrogen-bond acceptors (Lipinski definition) is 5. The first-order valence-corrected chi connectivity index (χ1v) is 12.4. The van der Waals surface area contributed by atoms with Crippen molar-refractivity contribution in [3.05, 3.63) is 100.0 Å². The molecule has 1 N–H and O–H groups in total. The molecule has 0 fully saturated rings. The van der Waals surface area contributed by atoms with Crippen molar-refractivity contribution in [2.75, 3.05) is 5.75 Å². The van der Waals surface area contributed by atoms with Crippen molar-refractivity contribution in [3.8, 4) is 17.1 Å². The van der Waals surface area contributed by atoms with E-state index in [1.54, 1.807) is 6.21 Å². The Morgan fingerprint density at radius 2 is 1.68 bits per heavy atom. The molecule has 4 rings (SSSR count). The largest absolute Gasteiger partial charge is 0.272 e. The van der Waals surface area contributed by atoms with E-state index in [4.69, 9.17) is 11.6 Å². The summed E-state index contributed by atoms with van der Waals surface area (Å²) in [5, 5.41) is 13.9. The molecule has 0 radical (unpaired) electrons. The van der Waals surface area contributed by atoms with Crippen molar-refractivity contribution >= 4 is 57.5 Å². The minimum atomic E-state index is -0.256. The molecule has 1 aromatic heterocycles. The highest BCUT2D eigenvalue weighted by Crippen LogP contribution is 2.28. The summed E-state index contributed by atoms with van der Waals surface area (Å²) in [5.41, 5.74) is 5.33. The number of carbonyl (C=O) groups is 1. The standard InChI is InChI=1S/C25H19BrClN5OS/c26-20(15-18-7-3-1-4-8-18)16-28-29-23(33)17-34-25-31-30-24(19-9-5-2-6-10-19)32(25)22-13-11-21(27)12-14-22/h1-16H,17H2,(H,29,33)/b20-15-,28-16+. The molecule has 0 aliphatic rings. The average molecular weight is 553 g/mol. The highest BCUT2D eigenvalue weighted by Gasteiger charge is 2.17. The van der Waals surface area contributed by atoms with Gasteiger partial charge in [0.15, 0.2) is 11.0 Å². The zero-order valence-electron chi connectivity index (χ0n) is 17.8. The summed E-state index contributed by atoms with van der Waals surface area (Å²) in [7, 11) is 0. The predicted octanol–water partition coefficient (Wildman–Crippen LogP) is 6.22. The molecule has 0 atom stereocenters. The maximum Gasteiger partial charge on any atom is 0.250 e. The fraction of sp³-hybridized carbons (Fsp3) is 0.0400. The molecule has 0 spiro atoms. The number of benzene rings is 3. The van der Waals surface area contributed by atoms with E-state index in [1.807, 2.05) is 95.6 Å². The van der Waals surface area contributed by atoms with Crippen molar-refractivity contribution in [1.82, 2.24) is 20.2 Å². The van der Waals surface area contributed by atoms with Crippen LogP contribution in [0.4, 0.5) is 0 Å². The van der Waals surface area contributed by atoms with Crippen LogP contribution in [0.5, 0.6) is 0 Å². The van der Waals surface area contributed by atoms with Gasteiger partial charge in [-0.15, -0.1) is 10.2 Å². The van der Waals surface area contributed by atoms with Gasteiger partial charge in [-0.1, -0.05) is 84.0 Å². The summed E-state index contributed by atoms with van der Waals surface area (Å²) in [6, 6.07) is 27.0. The molecule has 0 saturated heterocycles. The third-order valence-electron chi connectivity index (χ3n) is 4.56. The van der Waals surface area contributed by atoms with E-state index in [9.17, 15) is 4.79 Å². The Balaban J connectivity index is 1.45. The molecule has 170 valence electrons. The minimum Gasteiger partial charge on any atom is -0.272 e. The van der Waals surface area contributed by atoms with E-state index in [-0.39, 0.29) is 11.7 Å². The van der Waals surface area contributed by atoms with Crippen LogP contribution in [0.1, 0.15) is 5.56 Å². The Morgan fingerprint density at radius 1 is 1.00 bits per heavy atom. The van der Waals surface area contributed by atoms with Crippen molar-refractivity contribution in [2.45, 2.75) is 5.16 Å². The van der Waals surface area contributed by atoms with Crippen molar-refractivity contribution in [1.29, 1.82) is 0 Å². The molecule has 3 aromatic carbocycles. The molecular weight excluding hydrogens is 534 g/mol. The molecule has 0 saturated carbocycles. The second kappa shape index (κ2) is 11.8. The second-order valence-corrected chi connectivity index (χ2v) is 9.30. The van der Waals surface area contributed by atoms with Crippen molar-refractivity contribution < 1.29 is 4.79 Å². The van der Waals surface area contributed by atoms with E-state index < -0.39 is 0 Å². The first kappa shape index (κ1) is 23.9. The highest BCUT2D eigenvalue weighted by atomic mass is 79.9. The van der Waals surface area contributed by atoms with E-state index in [0.29, 0.717) is 16.0 Å². The van der Waals surface area contributed by atoms with Crippen LogP contribution in [0.2, 0.25) is 5.02 Å². The average Bonchev–Trinajstić information content (AvgIpc) is 3.28. The first-order chi connectivity index (χ1) is 16.6. The Morgan fingerprint density at radius 3 is 2.38 bits per heavy atom. The maximum absolute atomic E-state index is 12.4. The molecular formula is C25H19BrClN5OS. The number of aromatic nitrogens is 3. The molecule has 0 aliphatic heterocycles. The summed E-state index contributed by atoms with van der Waals surface area (Å²) in [4.78, 5) is 12.4. The van der Waals surface area contributed by atoms with Gasteiger partial charge >= 0.3 is 0 Å². The van der Waals surface area contributed by atoms with E-state index >= 15 is 0 Å². The van der Waals surface area contributed by atoms with Crippen LogP contribution in [0.25, 0.3) is 23.2 Å². The molecule has 1 heterocycles. The van der Waals surface area contributed by atoms with Crippen LogP contribution in [-0.4, -0.2) is 32.6 Å². The number of halogens is 2. The number of nitrogens with zero attached hydrogens (tertiary/aromatic N) is 4. The van der Waals surface area contributed by atoms with Crippen LogP contribution >= 0.6 is 39.3 Å². The predicted molar refractivity (Wildman–Crippen MR) is 143 cm³/mol. The van der Waals surface area contributed by atoms with Gasteiger partial charge in [-0.05, 0) is 51.8 Å². The number of allylic oxidation sites excluding steroid dienone is 1. The lowest BCUT2D eigenvalue weighted by Gasteiger charge is -2.10. The van der Waals surface area contributed by atoms with Crippen LogP contribution in [0, 0.1) is 0 Å². The Labute approximate surface area is 214 Å². The molecule has 9 heteroatoms. The summed E-state index contributed by atoms with van der Waals surface area (Å²) in [6.07, 6.45) is 3.45. The lowest BCUT2D eigenvalue weighted by atomic mass is 10.2. The molecule has 6 nitrogen and oxygen atoms in total. The second-order valence-electron chi connectivity index (χ2n) is 7.01. The van der Waals surface area contributed by atoms with Crippen molar-refractivity contribution in [3.63, 3.8) is 0 Å². The zero-order valence-corrected chi connectivity index (χ0v) is 21.0. The van der Waals surface area contributed by atoms with Gasteiger partial charge in [0.25, 0.3) is 5.91 Å². The summed E-state index contributed by atoms with van der Waals surface area (Å²) < 4.78 is 2.65. The number of amides is 1. The van der Waals surface area contributed by atoms with E-state index in [1.165, 1.54) is 11.8 Å². The third kappa shape index (κ3) is 6.44. The van der Waals surface area contributed by atoms with Crippen LogP contribution in [0.3, 0.4) is 0 Å². The molecule has 0 unspecified atom stereocenters. The molecule has 4 aromatic rings. The molecule has 0 aliphatic carbocycles. The summed E-state index contributed by atoms with van der Waals surface area (Å²) >= 11 is 10.8. The quantitative estimate of drug-likeness (QED) is 0.160. The monoisotopic (exact) mass is 551 g/mol. The Bertz CT molecular complexity index is 1310. The fourth-order valence-corrected chi connectivity index (χ4v) is 4.27. The number of hydrogen-bond donors (Lipinski definition) is 1. The smallest absolute Gasteiger partial charge is 0.250 e. The van der Waals surface area contributed by atoms with Crippen LogP contribution in [0.15, 0.2) is 99.7 Å². The van der Waals surface area contributed by atoms with Gasteiger partial charge in [0.2, 0.25) is 0 Å². The third-order valence-corrected chi connectivity index (χ3v) is 6.18. The lowest BCUT2D eigenvalue weighted by molar-refractivity contribution is -0.118. The SMILES string of the molecule is O=C(CSc1nnc(-c2ccccc2)n1-c1ccc(Cl)cc1)N/N=C/C(Br)=C/c1ccccc1. The normalized spacial score (nSPS) is 11.6. The molecule has 1 amide bonds.